The van der Waals surface area contributed by atoms with Crippen LogP contribution in [0.3, 0.4) is 0 Å². The molecule has 0 aromatic heterocycles. The van der Waals surface area contributed by atoms with E-state index in [-0.39, 0.29) is 92.0 Å². The van der Waals surface area contributed by atoms with Crippen LogP contribution in [0.25, 0.3) is 0 Å². The predicted molar refractivity (Wildman–Crippen MR) is 29.7 cm³/mol. The van der Waals surface area contributed by atoms with Gasteiger partial charge < -0.3 is 47.9 Å². The molecule has 0 heterocycles. The average molecular weight is 214 g/mol. The van der Waals surface area contributed by atoms with E-state index in [1.165, 1.54) is 0 Å². The maximum Gasteiger partial charge on any atom is 1.00 e. The molecule has 0 spiro atoms. The maximum absolute atomic E-state index is 8.53. The first-order valence-electron chi connectivity index (χ1n) is 0.730. The summed E-state index contributed by atoms with van der Waals surface area (Å²) >= 11 is 0. The second-order valence-electron chi connectivity index (χ2n) is 0.307. The van der Waals surface area contributed by atoms with E-state index in [0.29, 0.717) is 0 Å². The maximum atomic E-state index is 8.53. The van der Waals surface area contributed by atoms with Gasteiger partial charge >= 0.3 is 59.1 Å². The van der Waals surface area contributed by atoms with E-state index in [9.17, 15) is 0 Å². The fourth-order valence-electron chi connectivity index (χ4n) is 0. The molecule has 0 rings (SSSR count). The molecule has 9 nitrogen and oxygen atoms in total. The van der Waals surface area contributed by atoms with Crippen LogP contribution in [0.4, 0.5) is 0 Å². The second kappa shape index (κ2) is 78.6. The largest absolute Gasteiger partial charge is 1.00 e. The van der Waals surface area contributed by atoms with Crippen LogP contribution >= 0.6 is 0 Å². The van der Waals surface area contributed by atoms with Crippen LogP contribution in [0, 0.1) is 0 Å². The van der Waals surface area contributed by atoms with E-state index in [1.54, 1.807) is 0 Å². The normalized spacial score (nSPS) is 2.25. The zero-order valence-electron chi connectivity index (χ0n) is 6.84. The molecule has 0 aliphatic heterocycles. The molecular formula is H13BNa2O9. The van der Waals surface area contributed by atoms with Gasteiger partial charge in [-0.05, 0) is 0 Å². The summed E-state index contributed by atoms with van der Waals surface area (Å²) in [6, 6.07) is 0. The topological polar surface area (TPSA) is 255 Å². The van der Waals surface area contributed by atoms with Gasteiger partial charge in [0.05, 0.1) is 7.32 Å². The molecule has 0 aromatic rings. The molecule has 0 aromatic carbocycles. The first kappa shape index (κ1) is 99.9. The molecule has 0 saturated heterocycles. The van der Waals surface area contributed by atoms with Crippen LogP contribution in [0.5, 0.6) is 0 Å². The van der Waals surface area contributed by atoms with Crippen LogP contribution in [0.2, 0.25) is 0 Å². The number of hydrogen-bond donors (Lipinski definition) is 1. The molecule has 0 bridgehead atoms. The molecule has 0 aliphatic carbocycles. The molecule has 0 radical (unpaired) electrons. The Morgan fingerprint density at radius 2 is 0.667 bits per heavy atom. The van der Waals surface area contributed by atoms with Crippen molar-refractivity contribution < 1.29 is 107 Å². The fraction of sp³-hybridized carbons (Fsp3) is 0. The van der Waals surface area contributed by atoms with Crippen molar-refractivity contribution in [1.82, 2.24) is 0 Å². The summed E-state index contributed by atoms with van der Waals surface area (Å²) in [5.41, 5.74) is 0. The van der Waals surface area contributed by atoms with Gasteiger partial charge in [-0.15, -0.1) is 0 Å². The molecule has 0 unspecified atom stereocenters. The van der Waals surface area contributed by atoms with Crippen molar-refractivity contribution in [2.45, 2.75) is 0 Å². The Hall–Kier alpha value is 1.70. The molecule has 0 aliphatic rings. The Labute approximate surface area is 113 Å². The van der Waals surface area contributed by atoms with Crippen molar-refractivity contribution in [2.24, 2.45) is 0 Å². The van der Waals surface area contributed by atoms with Crippen molar-refractivity contribution in [3.05, 3.63) is 0 Å². The van der Waals surface area contributed by atoms with Crippen LogP contribution in [-0.4, -0.2) is 45.2 Å². The zero-order valence-corrected chi connectivity index (χ0v) is 10.8. The number of hydrogen-bond acceptors (Lipinski definition) is 3. The Kier molecular flexibility index (Phi) is 655. The summed E-state index contributed by atoms with van der Waals surface area (Å²) in [4.78, 5) is 0. The standard InChI is InChI=1S/BHO3.2Na.6H2O/c2-1(3)4;;;;;;;;/h2H;;;6*1H2/q-2;2*+1;;;;;;. The van der Waals surface area contributed by atoms with Crippen molar-refractivity contribution >= 4 is 7.32 Å². The summed E-state index contributed by atoms with van der Waals surface area (Å²) in [6.45, 7) is 0. The van der Waals surface area contributed by atoms with Crippen molar-refractivity contribution in [3.8, 4) is 0 Å². The van der Waals surface area contributed by atoms with Gasteiger partial charge in [-0.1, -0.05) is 0 Å². The van der Waals surface area contributed by atoms with E-state index in [1.807, 2.05) is 0 Å². The third-order valence-corrected chi connectivity index (χ3v) is 0. The summed E-state index contributed by atoms with van der Waals surface area (Å²) in [5, 5.41) is 24.0. The Balaban J connectivity index is -0.00000000161. The third kappa shape index (κ3) is 461. The average Bonchev–Trinajstić information content (AvgIpc) is 0.811. The van der Waals surface area contributed by atoms with Gasteiger partial charge in [0, 0.05) is 0 Å². The first-order chi connectivity index (χ1) is 1.73. The predicted octanol–water partition coefficient (Wildman–Crippen LogP) is -14.3. The molecule has 0 saturated carbocycles. The second-order valence-corrected chi connectivity index (χ2v) is 0.307. The van der Waals surface area contributed by atoms with Crippen molar-refractivity contribution in [1.29, 1.82) is 0 Å². The van der Waals surface area contributed by atoms with Crippen LogP contribution < -0.4 is 69.2 Å². The fourth-order valence-corrected chi connectivity index (χ4v) is 0. The summed E-state index contributed by atoms with van der Waals surface area (Å²) in [7, 11) is -2.67. The van der Waals surface area contributed by atoms with Gasteiger partial charge in [0.15, 0.2) is 0 Å². The minimum atomic E-state index is -2.67. The van der Waals surface area contributed by atoms with Crippen LogP contribution in [0.1, 0.15) is 0 Å². The van der Waals surface area contributed by atoms with Gasteiger partial charge in [0.1, 0.15) is 0 Å². The van der Waals surface area contributed by atoms with E-state index >= 15 is 0 Å². The van der Waals surface area contributed by atoms with E-state index in [2.05, 4.69) is 0 Å². The van der Waals surface area contributed by atoms with E-state index < -0.39 is 7.32 Å². The molecule has 0 atom stereocenters. The Morgan fingerprint density at radius 3 is 0.667 bits per heavy atom. The zero-order chi connectivity index (χ0) is 3.58. The van der Waals surface area contributed by atoms with Gasteiger partial charge in [0.2, 0.25) is 0 Å². The minimum absolute atomic E-state index is 0. The quantitative estimate of drug-likeness (QED) is 0.385. The summed E-state index contributed by atoms with van der Waals surface area (Å²) in [6.07, 6.45) is 0. The van der Waals surface area contributed by atoms with Gasteiger partial charge in [0.25, 0.3) is 0 Å². The summed E-state index contributed by atoms with van der Waals surface area (Å²) < 4.78 is 0. The SMILES string of the molecule is O.O.O.O.O.O.[Na+].[Na+].[O-]B([O-])O. The van der Waals surface area contributed by atoms with Crippen molar-refractivity contribution in [2.75, 3.05) is 0 Å². The number of rotatable bonds is 0. The molecule has 0 fully saturated rings. The molecular weight excluding hydrogens is 201 g/mol. The van der Waals surface area contributed by atoms with E-state index in [4.69, 9.17) is 15.1 Å². The van der Waals surface area contributed by atoms with Crippen LogP contribution in [-0.2, 0) is 0 Å². The van der Waals surface area contributed by atoms with Gasteiger partial charge in [-0.2, -0.15) is 0 Å². The first-order valence-corrected chi connectivity index (χ1v) is 0.730. The molecule has 12 heavy (non-hydrogen) atoms. The van der Waals surface area contributed by atoms with Crippen molar-refractivity contribution in [3.63, 3.8) is 0 Å². The van der Waals surface area contributed by atoms with Gasteiger partial charge in [-0.3, -0.25) is 0 Å². The smallest absolute Gasteiger partial charge is 0.871 e. The molecule has 0 amide bonds. The van der Waals surface area contributed by atoms with E-state index in [0.717, 1.165) is 0 Å². The minimum Gasteiger partial charge on any atom is -0.871 e. The molecule has 12 heteroatoms. The monoisotopic (exact) mass is 214 g/mol. The van der Waals surface area contributed by atoms with Gasteiger partial charge in [-0.25, -0.2) is 0 Å². The third-order valence-electron chi connectivity index (χ3n) is 0. The molecule has 13 N–H and O–H groups in total. The van der Waals surface area contributed by atoms with Crippen LogP contribution in [0.15, 0.2) is 0 Å². The Bertz CT molecular complexity index is 17.2. The summed E-state index contributed by atoms with van der Waals surface area (Å²) in [5.74, 6) is 0. The molecule has 72 valence electrons. The Morgan fingerprint density at radius 1 is 0.667 bits per heavy atom.